The summed E-state index contributed by atoms with van der Waals surface area (Å²) in [6, 6.07) is 7.90. The van der Waals surface area contributed by atoms with Crippen molar-refractivity contribution in [3.8, 4) is 0 Å². The van der Waals surface area contributed by atoms with Crippen LogP contribution in [-0.4, -0.2) is 16.9 Å². The summed E-state index contributed by atoms with van der Waals surface area (Å²) < 4.78 is 4.87. The van der Waals surface area contributed by atoms with Crippen LogP contribution in [0.4, 0.5) is 0 Å². The Balaban J connectivity index is 2.11. The Morgan fingerprint density at radius 3 is 2.94 bits per heavy atom. The number of hydrogen-bond acceptors (Lipinski definition) is 3. The van der Waals surface area contributed by atoms with Gasteiger partial charge in [0, 0.05) is 29.6 Å². The van der Waals surface area contributed by atoms with Crippen molar-refractivity contribution in [3.63, 3.8) is 0 Å². The van der Waals surface area contributed by atoms with Crippen LogP contribution in [0.5, 0.6) is 0 Å². The molecule has 1 N–H and O–H groups in total. The van der Waals surface area contributed by atoms with E-state index in [0.29, 0.717) is 11.6 Å². The Labute approximate surface area is 97.6 Å². The molecule has 0 atom stereocenters. The van der Waals surface area contributed by atoms with Crippen LogP contribution in [0.1, 0.15) is 12.5 Å². The first-order valence-electron chi connectivity index (χ1n) is 5.29. The molecule has 4 heteroatoms. The molecule has 1 aliphatic heterocycles. The van der Waals surface area contributed by atoms with Crippen LogP contribution >= 0.6 is 0 Å². The van der Waals surface area contributed by atoms with E-state index in [9.17, 15) is 4.79 Å². The van der Waals surface area contributed by atoms with Crippen molar-refractivity contribution in [2.45, 2.75) is 6.92 Å². The van der Waals surface area contributed by atoms with Gasteiger partial charge in [-0.25, -0.2) is 9.79 Å². The Morgan fingerprint density at radius 2 is 2.18 bits per heavy atom. The fourth-order valence-electron chi connectivity index (χ4n) is 1.88. The van der Waals surface area contributed by atoms with Crippen LogP contribution in [0, 0.1) is 0 Å². The number of H-pyrrole nitrogens is 1. The van der Waals surface area contributed by atoms with E-state index >= 15 is 0 Å². The molecule has 0 unspecified atom stereocenters. The van der Waals surface area contributed by atoms with Crippen LogP contribution in [0.2, 0.25) is 0 Å². The molecule has 0 spiro atoms. The molecule has 1 aromatic heterocycles. The summed E-state index contributed by atoms with van der Waals surface area (Å²) in [6.07, 6.45) is 3.59. The molecule has 0 saturated carbocycles. The third kappa shape index (κ3) is 1.63. The molecule has 0 amide bonds. The maximum atomic E-state index is 11.4. The van der Waals surface area contributed by atoms with Gasteiger partial charge < -0.3 is 9.72 Å². The van der Waals surface area contributed by atoms with Gasteiger partial charge in [-0.05, 0) is 12.1 Å². The van der Waals surface area contributed by atoms with Crippen molar-refractivity contribution in [1.82, 2.24) is 4.98 Å². The predicted octanol–water partition coefficient (Wildman–Crippen LogP) is 2.48. The standard InChI is InChI=1S/C13H10N2O2/c1-8-15-12(13(16)17-8)6-9-7-14-11-5-3-2-4-10(9)11/h2-7,14H,1H3/b12-6-. The summed E-state index contributed by atoms with van der Waals surface area (Å²) >= 11 is 0. The molecule has 1 aromatic carbocycles. The highest BCUT2D eigenvalue weighted by Crippen LogP contribution is 2.22. The van der Waals surface area contributed by atoms with Crippen molar-refractivity contribution >= 4 is 28.8 Å². The SMILES string of the molecule is CC1=N/C(=C\c2c[nH]c3ccccc23)C(=O)O1. The van der Waals surface area contributed by atoms with Gasteiger partial charge >= 0.3 is 5.97 Å². The second kappa shape index (κ2) is 3.59. The lowest BCUT2D eigenvalue weighted by atomic mass is 10.1. The van der Waals surface area contributed by atoms with E-state index in [4.69, 9.17) is 4.74 Å². The molecule has 0 radical (unpaired) electrons. The van der Waals surface area contributed by atoms with E-state index in [-0.39, 0.29) is 0 Å². The summed E-state index contributed by atoms with van der Waals surface area (Å²) in [5.74, 6) is -0.00567. The second-order valence-corrected chi connectivity index (χ2v) is 3.84. The van der Waals surface area contributed by atoms with E-state index in [0.717, 1.165) is 16.5 Å². The largest absolute Gasteiger partial charge is 0.407 e. The van der Waals surface area contributed by atoms with Crippen LogP contribution in [0.3, 0.4) is 0 Å². The van der Waals surface area contributed by atoms with Crippen molar-refractivity contribution in [1.29, 1.82) is 0 Å². The number of carbonyl (C=O) groups excluding carboxylic acids is 1. The third-order valence-corrected chi connectivity index (χ3v) is 2.64. The van der Waals surface area contributed by atoms with E-state index in [1.165, 1.54) is 0 Å². The Bertz CT molecular complexity index is 665. The number of aliphatic imine (C=N–C) groups is 1. The fourth-order valence-corrected chi connectivity index (χ4v) is 1.88. The Morgan fingerprint density at radius 1 is 1.35 bits per heavy atom. The van der Waals surface area contributed by atoms with Gasteiger partial charge in [-0.1, -0.05) is 18.2 Å². The molecule has 1 aliphatic rings. The molecule has 17 heavy (non-hydrogen) atoms. The normalized spacial score (nSPS) is 17.6. The smallest absolute Gasteiger partial charge is 0.363 e. The highest BCUT2D eigenvalue weighted by atomic mass is 16.6. The maximum Gasteiger partial charge on any atom is 0.363 e. The summed E-state index contributed by atoms with van der Waals surface area (Å²) in [6.45, 7) is 1.66. The van der Waals surface area contributed by atoms with Crippen molar-refractivity contribution in [2.75, 3.05) is 0 Å². The summed E-state index contributed by atoms with van der Waals surface area (Å²) in [4.78, 5) is 18.6. The van der Waals surface area contributed by atoms with Gasteiger partial charge in [0.05, 0.1) is 0 Å². The summed E-state index contributed by atoms with van der Waals surface area (Å²) in [7, 11) is 0. The van der Waals surface area contributed by atoms with Gasteiger partial charge in [0.25, 0.3) is 0 Å². The highest BCUT2D eigenvalue weighted by Gasteiger charge is 2.19. The first-order chi connectivity index (χ1) is 8.24. The number of benzene rings is 1. The molecule has 4 nitrogen and oxygen atoms in total. The zero-order valence-corrected chi connectivity index (χ0v) is 9.23. The van der Waals surface area contributed by atoms with Gasteiger partial charge in [0.2, 0.25) is 0 Å². The number of ether oxygens (including phenoxy) is 1. The van der Waals surface area contributed by atoms with Gasteiger partial charge in [-0.15, -0.1) is 0 Å². The number of carbonyl (C=O) groups is 1. The molecular formula is C13H10N2O2. The highest BCUT2D eigenvalue weighted by molar-refractivity contribution is 6.07. The van der Waals surface area contributed by atoms with Crippen molar-refractivity contribution in [2.24, 2.45) is 4.99 Å². The number of esters is 1. The van der Waals surface area contributed by atoms with Crippen LogP contribution in [0.25, 0.3) is 17.0 Å². The number of para-hydroxylation sites is 1. The molecule has 84 valence electrons. The molecule has 0 saturated heterocycles. The Kier molecular flexibility index (Phi) is 2.08. The second-order valence-electron chi connectivity index (χ2n) is 3.84. The van der Waals surface area contributed by atoms with Crippen molar-refractivity contribution < 1.29 is 9.53 Å². The van der Waals surface area contributed by atoms with Gasteiger partial charge in [0.15, 0.2) is 11.6 Å². The summed E-state index contributed by atoms with van der Waals surface area (Å²) in [5, 5.41) is 1.06. The van der Waals surface area contributed by atoms with Gasteiger partial charge in [0.1, 0.15) is 0 Å². The average Bonchev–Trinajstić information content (AvgIpc) is 2.85. The van der Waals surface area contributed by atoms with Gasteiger partial charge in [-0.2, -0.15) is 0 Å². The zero-order chi connectivity index (χ0) is 11.8. The summed E-state index contributed by atoms with van der Waals surface area (Å²) in [5.41, 5.74) is 2.31. The lowest BCUT2D eigenvalue weighted by molar-refractivity contribution is -0.130. The molecule has 2 aromatic rings. The van der Waals surface area contributed by atoms with E-state index < -0.39 is 5.97 Å². The molecule has 2 heterocycles. The predicted molar refractivity (Wildman–Crippen MR) is 65.5 cm³/mol. The number of nitrogens with zero attached hydrogens (tertiary/aromatic N) is 1. The minimum absolute atomic E-state index is 0.340. The maximum absolute atomic E-state index is 11.4. The number of nitrogens with one attached hydrogen (secondary N) is 1. The molecule has 0 fully saturated rings. The molecule has 0 aliphatic carbocycles. The van der Waals surface area contributed by atoms with Crippen molar-refractivity contribution in [3.05, 3.63) is 41.7 Å². The number of hydrogen-bond donors (Lipinski definition) is 1. The quantitative estimate of drug-likeness (QED) is 0.600. The lowest BCUT2D eigenvalue weighted by Gasteiger charge is -1.92. The molecule has 3 rings (SSSR count). The topological polar surface area (TPSA) is 54.5 Å². The monoisotopic (exact) mass is 226 g/mol. The van der Waals surface area contributed by atoms with E-state index in [1.807, 2.05) is 30.5 Å². The minimum atomic E-state index is -0.396. The number of cyclic esters (lactones) is 1. The Hall–Kier alpha value is -2.36. The molecular weight excluding hydrogens is 216 g/mol. The number of rotatable bonds is 1. The average molecular weight is 226 g/mol. The van der Waals surface area contributed by atoms with Crippen LogP contribution in [-0.2, 0) is 9.53 Å². The fraction of sp³-hybridized carbons (Fsp3) is 0.0769. The number of aromatic nitrogens is 1. The lowest BCUT2D eigenvalue weighted by Crippen LogP contribution is -1.99. The van der Waals surface area contributed by atoms with E-state index in [1.54, 1.807) is 13.0 Å². The van der Waals surface area contributed by atoms with Crippen LogP contribution in [0.15, 0.2) is 41.2 Å². The number of fused-ring (bicyclic) bond motifs is 1. The third-order valence-electron chi connectivity index (χ3n) is 2.64. The van der Waals surface area contributed by atoms with Crippen LogP contribution < -0.4 is 0 Å². The first kappa shape index (κ1) is 9.84. The first-order valence-corrected chi connectivity index (χ1v) is 5.29. The zero-order valence-electron chi connectivity index (χ0n) is 9.23. The van der Waals surface area contributed by atoms with Gasteiger partial charge in [-0.3, -0.25) is 0 Å². The molecule has 0 bridgehead atoms. The minimum Gasteiger partial charge on any atom is -0.407 e. The van der Waals surface area contributed by atoms with E-state index in [2.05, 4.69) is 9.98 Å². The number of aromatic amines is 1.